The Morgan fingerprint density at radius 2 is 2.19 bits per heavy atom. The highest BCUT2D eigenvalue weighted by molar-refractivity contribution is 7.73. The van der Waals surface area contributed by atoms with Crippen molar-refractivity contribution in [1.82, 2.24) is 9.47 Å². The van der Waals surface area contributed by atoms with Crippen molar-refractivity contribution in [1.29, 1.82) is 0 Å². The summed E-state index contributed by atoms with van der Waals surface area (Å²) in [5, 5.41) is 0. The molecule has 0 saturated carbocycles. The minimum Gasteiger partial charge on any atom is -0.467 e. The van der Waals surface area contributed by atoms with Crippen LogP contribution in [0.15, 0.2) is 22.8 Å². The largest absolute Gasteiger partial charge is 0.467 e. The fourth-order valence-electron chi connectivity index (χ4n) is 2.19. The standard InChI is InChI=1S/C13H15N3O3S2/c14-11-10(12(17)15-3-6-18-7-4-15)21-13(20)16(11)8-9-2-1-5-19-9/h1-2,5H,3-4,6-8,14H2. The van der Waals surface area contributed by atoms with Gasteiger partial charge in [0.2, 0.25) is 0 Å². The number of hydrogen-bond donors (Lipinski definition) is 1. The van der Waals surface area contributed by atoms with E-state index >= 15 is 0 Å². The Morgan fingerprint density at radius 3 is 2.86 bits per heavy atom. The summed E-state index contributed by atoms with van der Waals surface area (Å²) in [4.78, 5) is 14.7. The number of carbonyl (C=O) groups excluding carboxylic acids is 1. The maximum Gasteiger partial charge on any atom is 0.267 e. The average molecular weight is 325 g/mol. The number of nitrogens with zero attached hydrogens (tertiary/aromatic N) is 2. The molecule has 2 N–H and O–H groups in total. The number of anilines is 1. The molecule has 2 aromatic heterocycles. The predicted molar refractivity (Wildman–Crippen MR) is 82.1 cm³/mol. The summed E-state index contributed by atoms with van der Waals surface area (Å²) in [7, 11) is 0. The van der Waals surface area contributed by atoms with Gasteiger partial charge in [-0.25, -0.2) is 0 Å². The number of aromatic nitrogens is 1. The van der Waals surface area contributed by atoms with Gasteiger partial charge in [-0.3, -0.25) is 4.79 Å². The fourth-order valence-corrected chi connectivity index (χ4v) is 3.48. The second-order valence-electron chi connectivity index (χ2n) is 4.65. The Morgan fingerprint density at radius 1 is 1.43 bits per heavy atom. The number of carbonyl (C=O) groups is 1. The van der Waals surface area contributed by atoms with Gasteiger partial charge in [0.25, 0.3) is 5.91 Å². The molecule has 1 saturated heterocycles. The monoisotopic (exact) mass is 325 g/mol. The lowest BCUT2D eigenvalue weighted by molar-refractivity contribution is 0.0306. The maximum atomic E-state index is 12.5. The Balaban J connectivity index is 1.86. The van der Waals surface area contributed by atoms with Gasteiger partial charge in [-0.05, 0) is 24.4 Å². The number of ether oxygens (including phenoxy) is 1. The summed E-state index contributed by atoms with van der Waals surface area (Å²) in [5.41, 5.74) is 6.11. The molecule has 1 aliphatic rings. The number of nitrogens with two attached hydrogens (primary N) is 1. The molecule has 21 heavy (non-hydrogen) atoms. The molecule has 0 radical (unpaired) electrons. The van der Waals surface area contributed by atoms with Crippen molar-refractivity contribution in [2.45, 2.75) is 6.54 Å². The summed E-state index contributed by atoms with van der Waals surface area (Å²) in [6.07, 6.45) is 1.60. The molecular formula is C13H15N3O3S2. The third-order valence-corrected chi connectivity index (χ3v) is 4.77. The van der Waals surface area contributed by atoms with E-state index in [4.69, 9.17) is 27.1 Å². The lowest BCUT2D eigenvalue weighted by atomic mass is 10.3. The second kappa shape index (κ2) is 6.00. The topological polar surface area (TPSA) is 73.6 Å². The molecule has 0 aliphatic carbocycles. The third kappa shape index (κ3) is 2.87. The Hall–Kier alpha value is -1.64. The predicted octanol–water partition coefficient (Wildman–Crippen LogP) is 1.97. The van der Waals surface area contributed by atoms with Gasteiger partial charge in [0.15, 0.2) is 3.95 Å². The van der Waals surface area contributed by atoms with Crippen LogP contribution in [-0.4, -0.2) is 41.7 Å². The second-order valence-corrected chi connectivity index (χ2v) is 6.30. The SMILES string of the molecule is Nc1c(C(=O)N2CCOCC2)sc(=S)n1Cc1ccco1. The number of furan rings is 1. The van der Waals surface area contributed by atoms with E-state index in [0.29, 0.717) is 47.5 Å². The van der Waals surface area contributed by atoms with E-state index in [9.17, 15) is 4.79 Å². The Kier molecular flexibility index (Phi) is 4.09. The lowest BCUT2D eigenvalue weighted by Gasteiger charge is -2.26. The number of rotatable bonds is 3. The van der Waals surface area contributed by atoms with Gasteiger partial charge in [0.05, 0.1) is 26.0 Å². The van der Waals surface area contributed by atoms with E-state index in [-0.39, 0.29) is 5.91 Å². The molecule has 112 valence electrons. The van der Waals surface area contributed by atoms with Crippen LogP contribution in [0.25, 0.3) is 0 Å². The van der Waals surface area contributed by atoms with Gasteiger partial charge in [0, 0.05) is 13.1 Å². The zero-order valence-corrected chi connectivity index (χ0v) is 12.9. The molecule has 1 fully saturated rings. The Labute approximate surface area is 130 Å². The van der Waals surface area contributed by atoms with Gasteiger partial charge in [0.1, 0.15) is 16.5 Å². The molecule has 8 heteroatoms. The molecule has 0 atom stereocenters. The minimum atomic E-state index is -0.0786. The molecule has 1 amide bonds. The first-order valence-corrected chi connectivity index (χ1v) is 7.78. The van der Waals surface area contributed by atoms with Crippen molar-refractivity contribution in [2.24, 2.45) is 0 Å². The number of hydrogen-bond acceptors (Lipinski definition) is 6. The number of amides is 1. The molecule has 0 spiro atoms. The van der Waals surface area contributed by atoms with Gasteiger partial charge in [-0.1, -0.05) is 11.3 Å². The maximum absolute atomic E-state index is 12.5. The first kappa shape index (κ1) is 14.3. The average Bonchev–Trinajstić information content (AvgIpc) is 3.11. The fraction of sp³-hybridized carbons (Fsp3) is 0.385. The molecule has 6 nitrogen and oxygen atoms in total. The summed E-state index contributed by atoms with van der Waals surface area (Å²) in [6, 6.07) is 3.66. The Bertz CT molecular complexity index is 684. The zero-order valence-electron chi connectivity index (χ0n) is 11.3. The van der Waals surface area contributed by atoms with Gasteiger partial charge in [-0.2, -0.15) is 0 Å². The van der Waals surface area contributed by atoms with E-state index in [1.165, 1.54) is 11.3 Å². The quantitative estimate of drug-likeness (QED) is 0.874. The van der Waals surface area contributed by atoms with E-state index < -0.39 is 0 Å². The normalized spacial score (nSPS) is 15.3. The summed E-state index contributed by atoms with van der Waals surface area (Å²) in [5.74, 6) is 1.07. The number of morpholine rings is 1. The zero-order chi connectivity index (χ0) is 14.8. The lowest BCUT2D eigenvalue weighted by Crippen LogP contribution is -2.40. The molecule has 0 bridgehead atoms. The first-order chi connectivity index (χ1) is 10.2. The van der Waals surface area contributed by atoms with Gasteiger partial charge in [-0.15, -0.1) is 0 Å². The molecule has 1 aliphatic heterocycles. The number of nitrogen functional groups attached to an aromatic ring is 1. The van der Waals surface area contributed by atoms with E-state index in [1.807, 2.05) is 6.07 Å². The van der Waals surface area contributed by atoms with Crippen molar-refractivity contribution < 1.29 is 13.9 Å². The molecule has 3 heterocycles. The molecule has 3 rings (SSSR count). The van der Waals surface area contributed by atoms with Crippen LogP contribution in [0.1, 0.15) is 15.4 Å². The van der Waals surface area contributed by atoms with Crippen LogP contribution in [0.5, 0.6) is 0 Å². The van der Waals surface area contributed by atoms with Gasteiger partial charge >= 0.3 is 0 Å². The molecule has 0 unspecified atom stereocenters. The minimum absolute atomic E-state index is 0.0786. The van der Waals surface area contributed by atoms with Crippen molar-refractivity contribution in [3.8, 4) is 0 Å². The van der Waals surface area contributed by atoms with Crippen LogP contribution in [0.3, 0.4) is 0 Å². The number of thiazole rings is 1. The molecule has 0 aromatic carbocycles. The van der Waals surface area contributed by atoms with Crippen LogP contribution in [0.4, 0.5) is 5.82 Å². The highest BCUT2D eigenvalue weighted by Crippen LogP contribution is 2.25. The van der Waals surface area contributed by atoms with Crippen LogP contribution in [-0.2, 0) is 11.3 Å². The van der Waals surface area contributed by atoms with E-state index in [2.05, 4.69) is 0 Å². The van der Waals surface area contributed by atoms with Crippen molar-refractivity contribution in [2.75, 3.05) is 32.0 Å². The first-order valence-electron chi connectivity index (χ1n) is 6.55. The highest BCUT2D eigenvalue weighted by atomic mass is 32.1. The summed E-state index contributed by atoms with van der Waals surface area (Å²) >= 11 is 6.56. The smallest absolute Gasteiger partial charge is 0.267 e. The van der Waals surface area contributed by atoms with E-state index in [0.717, 1.165) is 5.76 Å². The molecular weight excluding hydrogens is 310 g/mol. The molecule has 2 aromatic rings. The summed E-state index contributed by atoms with van der Waals surface area (Å²) in [6.45, 7) is 2.72. The van der Waals surface area contributed by atoms with Crippen LogP contribution >= 0.6 is 23.6 Å². The van der Waals surface area contributed by atoms with Crippen molar-refractivity contribution in [3.05, 3.63) is 33.0 Å². The van der Waals surface area contributed by atoms with Crippen molar-refractivity contribution >= 4 is 35.3 Å². The van der Waals surface area contributed by atoms with Crippen LogP contribution in [0, 0.1) is 3.95 Å². The third-order valence-electron chi connectivity index (χ3n) is 3.32. The van der Waals surface area contributed by atoms with Crippen molar-refractivity contribution in [3.63, 3.8) is 0 Å². The van der Waals surface area contributed by atoms with Gasteiger partial charge < -0.3 is 24.4 Å². The summed E-state index contributed by atoms with van der Waals surface area (Å²) < 4.78 is 12.9. The van der Waals surface area contributed by atoms with Crippen LogP contribution in [0.2, 0.25) is 0 Å². The van der Waals surface area contributed by atoms with Crippen LogP contribution < -0.4 is 5.73 Å². The highest BCUT2D eigenvalue weighted by Gasteiger charge is 2.24. The van der Waals surface area contributed by atoms with E-state index in [1.54, 1.807) is 21.8 Å².